The van der Waals surface area contributed by atoms with Gasteiger partial charge < -0.3 is 20.3 Å². The lowest BCUT2D eigenvalue weighted by molar-refractivity contribution is 0.0696. The number of nitrogens with zero attached hydrogens (tertiary/aromatic N) is 1. The highest BCUT2D eigenvalue weighted by Crippen LogP contribution is 2.33. The Bertz CT molecular complexity index is 1500. The molecule has 0 heterocycles. The maximum absolute atomic E-state index is 14.1. The van der Waals surface area contributed by atoms with E-state index in [1.165, 1.54) is 49.5 Å². The Balaban J connectivity index is 1.43. The molecule has 0 saturated heterocycles. The second-order valence-electron chi connectivity index (χ2n) is 11.4. The Morgan fingerprint density at radius 3 is 2.37 bits per heavy atom. The monoisotopic (exact) mass is 584 g/mol. The van der Waals surface area contributed by atoms with E-state index >= 15 is 0 Å². The summed E-state index contributed by atoms with van der Waals surface area (Å²) in [5.41, 5.74) is 2.77. The van der Waals surface area contributed by atoms with Crippen molar-refractivity contribution in [3.63, 3.8) is 0 Å². The third-order valence-corrected chi connectivity index (χ3v) is 9.39. The van der Waals surface area contributed by atoms with Crippen molar-refractivity contribution in [1.29, 1.82) is 0 Å². The summed E-state index contributed by atoms with van der Waals surface area (Å²) < 4.78 is 47.6. The first kappa shape index (κ1) is 30.6. The molecule has 41 heavy (non-hydrogen) atoms. The number of halogens is 1. The Kier molecular flexibility index (Phi) is 9.18. The van der Waals surface area contributed by atoms with Crippen molar-refractivity contribution < 1.29 is 32.6 Å². The first-order chi connectivity index (χ1) is 19.3. The van der Waals surface area contributed by atoms with Gasteiger partial charge in [-0.25, -0.2) is 17.6 Å². The van der Waals surface area contributed by atoms with Crippen LogP contribution in [-0.2, 0) is 22.9 Å². The second kappa shape index (κ2) is 12.3. The topological polar surface area (TPSA) is 116 Å². The molecule has 0 saturated carbocycles. The Morgan fingerprint density at radius 2 is 1.76 bits per heavy atom. The molecule has 3 N–H and O–H groups in total. The maximum atomic E-state index is 14.1. The van der Waals surface area contributed by atoms with Gasteiger partial charge in [-0.2, -0.15) is 4.31 Å². The number of likely N-dealkylation sites (N-methyl/N-ethyl adjacent to an activating group) is 1. The molecule has 10 heteroatoms. The summed E-state index contributed by atoms with van der Waals surface area (Å²) in [5.74, 6) is -1.49. The minimum absolute atomic E-state index is 0.0711. The van der Waals surface area contributed by atoms with E-state index in [2.05, 4.69) is 43.4 Å². The summed E-state index contributed by atoms with van der Waals surface area (Å²) >= 11 is 0. The van der Waals surface area contributed by atoms with Gasteiger partial charge in [0.05, 0.1) is 18.8 Å². The molecule has 220 valence electrons. The average Bonchev–Trinajstić information content (AvgIpc) is 3.32. The van der Waals surface area contributed by atoms with E-state index in [0.717, 1.165) is 35.7 Å². The molecule has 1 atom stereocenters. The first-order valence-electron chi connectivity index (χ1n) is 13.5. The lowest BCUT2D eigenvalue weighted by atomic mass is 9.88. The van der Waals surface area contributed by atoms with Crippen LogP contribution in [0.2, 0.25) is 0 Å². The molecule has 3 aromatic rings. The molecule has 0 radical (unpaired) electrons. The van der Waals surface area contributed by atoms with E-state index in [1.807, 2.05) is 0 Å². The molecular formula is C31H37FN2O6S. The zero-order valence-corrected chi connectivity index (χ0v) is 24.5. The molecule has 0 aliphatic heterocycles. The highest BCUT2D eigenvalue weighted by Gasteiger charge is 2.30. The fourth-order valence-electron chi connectivity index (χ4n) is 5.55. The van der Waals surface area contributed by atoms with E-state index in [4.69, 9.17) is 4.74 Å². The average molecular weight is 585 g/mol. The van der Waals surface area contributed by atoms with Gasteiger partial charge in [-0.1, -0.05) is 30.3 Å². The van der Waals surface area contributed by atoms with Crippen molar-refractivity contribution >= 4 is 16.0 Å². The summed E-state index contributed by atoms with van der Waals surface area (Å²) in [7, 11) is -1.43. The number of aliphatic hydroxyl groups is 1. The van der Waals surface area contributed by atoms with Crippen LogP contribution in [0.3, 0.4) is 0 Å². The third kappa shape index (κ3) is 7.32. The van der Waals surface area contributed by atoms with Gasteiger partial charge in [-0.05, 0) is 91.6 Å². The van der Waals surface area contributed by atoms with Crippen LogP contribution in [0.25, 0.3) is 11.1 Å². The molecule has 1 aliphatic carbocycles. The number of nitrogens with one attached hydrogen (secondary N) is 1. The van der Waals surface area contributed by atoms with Crippen molar-refractivity contribution in [2.75, 3.05) is 27.2 Å². The van der Waals surface area contributed by atoms with Gasteiger partial charge in [-0.15, -0.1) is 0 Å². The number of fused-ring (bicyclic) bond motifs is 1. The highest BCUT2D eigenvalue weighted by atomic mass is 32.2. The molecular weight excluding hydrogens is 547 g/mol. The zero-order valence-electron chi connectivity index (χ0n) is 23.7. The van der Waals surface area contributed by atoms with Crippen LogP contribution in [0.15, 0.2) is 65.6 Å². The maximum Gasteiger partial charge on any atom is 0.335 e. The number of carboxylic acid groups (broad SMARTS) is 1. The summed E-state index contributed by atoms with van der Waals surface area (Å²) in [5, 5.41) is 23.5. The van der Waals surface area contributed by atoms with E-state index in [0.29, 0.717) is 11.5 Å². The fraction of sp³-hybridized carbons (Fsp3) is 0.387. The van der Waals surface area contributed by atoms with Gasteiger partial charge in [0.1, 0.15) is 16.5 Å². The van der Waals surface area contributed by atoms with Crippen LogP contribution in [0.5, 0.6) is 5.75 Å². The number of carboxylic acids is 1. The minimum atomic E-state index is -4.14. The summed E-state index contributed by atoms with van der Waals surface area (Å²) in [4.78, 5) is 11.2. The smallest absolute Gasteiger partial charge is 0.335 e. The number of rotatable bonds is 12. The number of sulfonamides is 1. The van der Waals surface area contributed by atoms with Crippen LogP contribution >= 0.6 is 0 Å². The number of ether oxygens (including phenoxy) is 1. The van der Waals surface area contributed by atoms with Gasteiger partial charge in [-0.3, -0.25) is 0 Å². The molecule has 0 bridgehead atoms. The largest absolute Gasteiger partial charge is 0.495 e. The molecule has 1 aliphatic rings. The van der Waals surface area contributed by atoms with Gasteiger partial charge >= 0.3 is 5.97 Å². The Labute approximate surface area is 240 Å². The fourth-order valence-corrected chi connectivity index (χ4v) is 6.93. The van der Waals surface area contributed by atoms with E-state index in [9.17, 15) is 27.8 Å². The van der Waals surface area contributed by atoms with Crippen molar-refractivity contribution in [2.24, 2.45) is 5.92 Å². The molecule has 0 fully saturated rings. The quantitative estimate of drug-likeness (QED) is 0.290. The number of benzene rings is 3. The molecule has 0 aromatic heterocycles. The predicted octanol–water partition coefficient (Wildman–Crippen LogP) is 4.35. The number of hydrogen-bond donors (Lipinski definition) is 3. The number of aromatic carboxylic acids is 1. The lowest BCUT2D eigenvalue weighted by Crippen LogP contribution is -2.47. The second-order valence-corrected chi connectivity index (χ2v) is 13.4. The summed E-state index contributed by atoms with van der Waals surface area (Å²) in [6, 6.07) is 16.1. The van der Waals surface area contributed by atoms with Gasteiger partial charge in [0.15, 0.2) is 0 Å². The number of hydrogen-bond acceptors (Lipinski definition) is 6. The lowest BCUT2D eigenvalue weighted by Gasteiger charge is -2.31. The summed E-state index contributed by atoms with van der Waals surface area (Å²) in [6.07, 6.45) is 1.99. The molecule has 0 unspecified atom stereocenters. The first-order valence-corrected chi connectivity index (χ1v) is 14.9. The molecule has 0 spiro atoms. The van der Waals surface area contributed by atoms with Gasteiger partial charge in [0.2, 0.25) is 10.0 Å². The summed E-state index contributed by atoms with van der Waals surface area (Å²) in [6.45, 7) is 4.20. The Morgan fingerprint density at radius 1 is 1.10 bits per heavy atom. The van der Waals surface area contributed by atoms with Crippen molar-refractivity contribution in [1.82, 2.24) is 9.62 Å². The van der Waals surface area contributed by atoms with Crippen molar-refractivity contribution in [3.8, 4) is 16.9 Å². The molecule has 0 amide bonds. The normalized spacial score (nSPS) is 14.7. The van der Waals surface area contributed by atoms with Crippen LogP contribution in [0, 0.1) is 11.7 Å². The molecule has 4 rings (SSSR count). The number of methoxy groups -OCH3 is 1. The zero-order chi connectivity index (χ0) is 29.9. The SMILES string of the molecule is COc1ccc(-c2cc(F)cc(C(=O)O)c2)cc1S(=O)(=O)N(C)C[C@H](O)CNC(C)(C)CC1Cc2ccccc2C1. The van der Waals surface area contributed by atoms with Gasteiger partial charge in [0.25, 0.3) is 0 Å². The minimum Gasteiger partial charge on any atom is -0.495 e. The van der Waals surface area contributed by atoms with Crippen LogP contribution in [0.4, 0.5) is 4.39 Å². The van der Waals surface area contributed by atoms with Crippen molar-refractivity contribution in [2.45, 2.75) is 49.6 Å². The van der Waals surface area contributed by atoms with Crippen molar-refractivity contribution in [3.05, 3.63) is 83.2 Å². The highest BCUT2D eigenvalue weighted by molar-refractivity contribution is 7.89. The number of aliphatic hydroxyl groups excluding tert-OH is 1. The Hall–Kier alpha value is -3.31. The van der Waals surface area contributed by atoms with Crippen LogP contribution < -0.4 is 10.1 Å². The number of β-amino-alcohol motifs (C(OH)–C–C–N with tert-alkyl or cyclic N) is 1. The number of carbonyl (C=O) groups is 1. The van der Waals surface area contributed by atoms with Crippen LogP contribution in [-0.4, -0.2) is 67.8 Å². The van der Waals surface area contributed by atoms with E-state index < -0.39 is 27.9 Å². The van der Waals surface area contributed by atoms with E-state index in [-0.39, 0.29) is 40.4 Å². The predicted molar refractivity (Wildman–Crippen MR) is 155 cm³/mol. The van der Waals surface area contributed by atoms with Gasteiger partial charge in [0, 0.05) is 25.7 Å². The van der Waals surface area contributed by atoms with Crippen LogP contribution in [0.1, 0.15) is 41.8 Å². The molecule has 3 aromatic carbocycles. The third-order valence-electron chi connectivity index (χ3n) is 7.55. The van der Waals surface area contributed by atoms with E-state index in [1.54, 1.807) is 0 Å². The molecule has 8 nitrogen and oxygen atoms in total. The standard InChI is InChI=1S/C31H37FN2O6S/c1-31(2,17-20-11-21-7-5-6-8-22(21)12-20)33-18-27(35)19-34(3)41(38,39)29-16-23(9-10-28(29)40-4)24-13-25(30(36)37)15-26(32)14-24/h5-10,13-16,20,27,33,35H,11-12,17-19H2,1-4H3,(H,36,37)/t27-/m1/s1.